The minimum atomic E-state index is -0.680. The van der Waals surface area contributed by atoms with E-state index >= 15 is 0 Å². The number of halogens is 2. The number of nitrogens with one attached hydrogen (secondary N) is 1. The summed E-state index contributed by atoms with van der Waals surface area (Å²) in [5.41, 5.74) is 7.34. The average molecular weight is 248 g/mol. The maximum Gasteiger partial charge on any atom is 0.151 e. The molecule has 0 saturated heterocycles. The van der Waals surface area contributed by atoms with Crippen molar-refractivity contribution in [3.8, 4) is 0 Å². The summed E-state index contributed by atoms with van der Waals surface area (Å²) >= 11 is 0. The fraction of sp³-hybridized carbons (Fsp3) is 0.143. The third-order valence-electron chi connectivity index (χ3n) is 2.62. The van der Waals surface area contributed by atoms with Crippen LogP contribution in [0.3, 0.4) is 0 Å². The molecule has 3 N–H and O–H groups in total. The molecule has 0 saturated carbocycles. The summed E-state index contributed by atoms with van der Waals surface area (Å²) in [5, 5.41) is 2.75. The van der Waals surface area contributed by atoms with E-state index in [9.17, 15) is 8.78 Å². The fourth-order valence-electron chi connectivity index (χ4n) is 1.77. The van der Waals surface area contributed by atoms with Crippen LogP contribution in [0.5, 0.6) is 0 Å². The van der Waals surface area contributed by atoms with Gasteiger partial charge in [-0.3, -0.25) is 0 Å². The summed E-state index contributed by atoms with van der Waals surface area (Å²) < 4.78 is 27.0. The lowest BCUT2D eigenvalue weighted by Gasteiger charge is -2.10. The van der Waals surface area contributed by atoms with Crippen molar-refractivity contribution in [2.45, 2.75) is 13.5 Å². The van der Waals surface area contributed by atoms with Gasteiger partial charge in [0.1, 0.15) is 5.69 Å². The van der Waals surface area contributed by atoms with E-state index in [0.29, 0.717) is 6.54 Å². The number of rotatable bonds is 3. The van der Waals surface area contributed by atoms with E-state index in [-0.39, 0.29) is 11.4 Å². The molecule has 0 heterocycles. The second-order valence-electron chi connectivity index (χ2n) is 4.20. The molecule has 0 amide bonds. The Bertz CT molecular complexity index is 544. The molecule has 0 aliphatic heterocycles. The highest BCUT2D eigenvalue weighted by molar-refractivity contribution is 5.54. The third-order valence-corrected chi connectivity index (χ3v) is 2.62. The molecule has 0 fully saturated rings. The summed E-state index contributed by atoms with van der Waals surface area (Å²) in [7, 11) is 0. The van der Waals surface area contributed by atoms with Gasteiger partial charge in [-0.15, -0.1) is 0 Å². The molecule has 0 atom stereocenters. The van der Waals surface area contributed by atoms with Crippen molar-refractivity contribution >= 4 is 11.4 Å². The second kappa shape index (κ2) is 5.04. The van der Waals surface area contributed by atoms with Gasteiger partial charge in [0.2, 0.25) is 0 Å². The van der Waals surface area contributed by atoms with Gasteiger partial charge in [0, 0.05) is 12.2 Å². The number of aryl methyl sites for hydroxylation is 1. The number of hydrogen-bond acceptors (Lipinski definition) is 2. The fourth-order valence-corrected chi connectivity index (χ4v) is 1.77. The highest BCUT2D eigenvalue weighted by atomic mass is 19.1. The third kappa shape index (κ3) is 2.77. The van der Waals surface area contributed by atoms with E-state index < -0.39 is 11.6 Å². The molecule has 2 rings (SSSR count). The van der Waals surface area contributed by atoms with Gasteiger partial charge in [-0.1, -0.05) is 29.8 Å². The van der Waals surface area contributed by atoms with Crippen molar-refractivity contribution in [3.63, 3.8) is 0 Å². The van der Waals surface area contributed by atoms with Crippen LogP contribution in [0.1, 0.15) is 11.1 Å². The van der Waals surface area contributed by atoms with Crippen LogP contribution in [0.25, 0.3) is 0 Å². The van der Waals surface area contributed by atoms with Crippen LogP contribution in [0.15, 0.2) is 36.4 Å². The van der Waals surface area contributed by atoms with Crippen LogP contribution in [-0.4, -0.2) is 0 Å². The highest BCUT2D eigenvalue weighted by Gasteiger charge is 2.09. The Morgan fingerprint density at radius 2 is 1.78 bits per heavy atom. The Morgan fingerprint density at radius 1 is 1.11 bits per heavy atom. The maximum absolute atomic E-state index is 13.5. The molecule has 94 valence electrons. The normalized spacial score (nSPS) is 10.4. The maximum atomic E-state index is 13.5. The van der Waals surface area contributed by atoms with Crippen molar-refractivity contribution < 1.29 is 8.78 Å². The van der Waals surface area contributed by atoms with E-state index in [1.807, 2.05) is 31.2 Å². The molecule has 0 radical (unpaired) electrons. The van der Waals surface area contributed by atoms with Crippen LogP contribution in [0.2, 0.25) is 0 Å². The average Bonchev–Trinajstić information content (AvgIpc) is 2.27. The van der Waals surface area contributed by atoms with Gasteiger partial charge in [0.05, 0.1) is 0 Å². The Hall–Kier alpha value is -2.10. The zero-order valence-corrected chi connectivity index (χ0v) is 10.0. The first kappa shape index (κ1) is 12.4. The van der Waals surface area contributed by atoms with E-state index in [1.165, 1.54) is 0 Å². The van der Waals surface area contributed by atoms with E-state index in [0.717, 1.165) is 23.3 Å². The molecule has 2 aromatic carbocycles. The lowest BCUT2D eigenvalue weighted by molar-refractivity contribution is 0.589. The quantitative estimate of drug-likeness (QED) is 0.816. The molecule has 2 nitrogen and oxygen atoms in total. The van der Waals surface area contributed by atoms with Gasteiger partial charge in [0.15, 0.2) is 11.6 Å². The first-order chi connectivity index (χ1) is 8.56. The zero-order valence-electron chi connectivity index (χ0n) is 10.0. The molecule has 4 heteroatoms. The monoisotopic (exact) mass is 248 g/mol. The van der Waals surface area contributed by atoms with Crippen molar-refractivity contribution in [3.05, 3.63) is 59.2 Å². The van der Waals surface area contributed by atoms with E-state index in [4.69, 9.17) is 5.73 Å². The minimum absolute atomic E-state index is 0.0751. The van der Waals surface area contributed by atoms with Crippen LogP contribution in [0.4, 0.5) is 20.2 Å². The predicted octanol–water partition coefficient (Wildman–Crippen LogP) is 3.47. The summed E-state index contributed by atoms with van der Waals surface area (Å²) in [6.07, 6.45) is 0. The first-order valence-electron chi connectivity index (χ1n) is 5.60. The molecule has 0 aliphatic rings. The lowest BCUT2D eigenvalue weighted by Crippen LogP contribution is -2.05. The van der Waals surface area contributed by atoms with Gasteiger partial charge in [-0.05, 0) is 24.6 Å². The van der Waals surface area contributed by atoms with Gasteiger partial charge < -0.3 is 11.1 Å². The van der Waals surface area contributed by atoms with Crippen LogP contribution in [-0.2, 0) is 6.54 Å². The van der Waals surface area contributed by atoms with E-state index in [1.54, 1.807) is 0 Å². The number of benzene rings is 2. The second-order valence-corrected chi connectivity index (χ2v) is 4.20. The summed E-state index contributed by atoms with van der Waals surface area (Å²) in [6.45, 7) is 2.33. The number of nitrogens with two attached hydrogens (primary N) is 1. The first-order valence-corrected chi connectivity index (χ1v) is 5.60. The molecule has 0 aromatic heterocycles. The van der Waals surface area contributed by atoms with Gasteiger partial charge in [-0.2, -0.15) is 0 Å². The Labute approximate surface area is 104 Å². The Balaban J connectivity index is 2.16. The number of nitrogen functional groups attached to an aromatic ring is 1. The molecular weight excluding hydrogens is 234 g/mol. The summed E-state index contributed by atoms with van der Waals surface area (Å²) in [4.78, 5) is 0. The van der Waals surface area contributed by atoms with Gasteiger partial charge >= 0.3 is 0 Å². The number of hydrogen-bond donors (Lipinski definition) is 2. The van der Waals surface area contributed by atoms with Gasteiger partial charge in [-0.25, -0.2) is 8.78 Å². The molecule has 0 bridgehead atoms. The van der Waals surface area contributed by atoms with Crippen LogP contribution < -0.4 is 11.1 Å². The van der Waals surface area contributed by atoms with Gasteiger partial charge in [0.25, 0.3) is 0 Å². The highest BCUT2D eigenvalue weighted by Crippen LogP contribution is 2.22. The minimum Gasteiger partial charge on any atom is -0.399 e. The molecule has 18 heavy (non-hydrogen) atoms. The SMILES string of the molecule is Cc1cccc(CNc2c(F)cc(N)cc2F)c1. The topological polar surface area (TPSA) is 38.0 Å². The molecule has 0 unspecified atom stereocenters. The van der Waals surface area contributed by atoms with Crippen molar-refractivity contribution in [2.24, 2.45) is 0 Å². The lowest BCUT2D eigenvalue weighted by atomic mass is 10.1. The number of anilines is 2. The van der Waals surface area contributed by atoms with E-state index in [2.05, 4.69) is 5.32 Å². The molecule has 0 aliphatic carbocycles. The zero-order chi connectivity index (χ0) is 13.1. The Morgan fingerprint density at radius 3 is 2.39 bits per heavy atom. The summed E-state index contributed by atoms with van der Waals surface area (Å²) in [5.74, 6) is -1.36. The molecule has 0 spiro atoms. The van der Waals surface area contributed by atoms with Crippen LogP contribution in [0, 0.1) is 18.6 Å². The summed E-state index contributed by atoms with van der Waals surface area (Å²) in [6, 6.07) is 9.92. The van der Waals surface area contributed by atoms with Crippen molar-refractivity contribution in [1.29, 1.82) is 0 Å². The predicted molar refractivity (Wildman–Crippen MR) is 69.3 cm³/mol. The van der Waals surface area contributed by atoms with Crippen molar-refractivity contribution in [1.82, 2.24) is 0 Å². The Kier molecular flexibility index (Phi) is 3.46. The standard InChI is InChI=1S/C14H14F2N2/c1-9-3-2-4-10(5-9)8-18-14-12(15)6-11(17)7-13(14)16/h2-7,18H,8,17H2,1H3. The smallest absolute Gasteiger partial charge is 0.151 e. The molecule has 2 aromatic rings. The molecular formula is C14H14F2N2. The van der Waals surface area contributed by atoms with Crippen LogP contribution >= 0.6 is 0 Å². The van der Waals surface area contributed by atoms with Crippen molar-refractivity contribution in [2.75, 3.05) is 11.1 Å². The largest absolute Gasteiger partial charge is 0.399 e.